The number of furan rings is 1. The fourth-order valence-corrected chi connectivity index (χ4v) is 3.09. The number of pyridine rings is 1. The maximum atomic E-state index is 11.0. The molecule has 0 bridgehead atoms. The molecule has 4 heterocycles. The Morgan fingerprint density at radius 2 is 2.04 bits per heavy atom. The zero-order valence-electron chi connectivity index (χ0n) is 12.6. The third-order valence-electron chi connectivity index (χ3n) is 4.42. The van der Waals surface area contributed by atoms with E-state index >= 15 is 0 Å². The monoisotopic (exact) mass is 311 g/mol. The van der Waals surface area contributed by atoms with E-state index in [2.05, 4.69) is 9.88 Å². The van der Waals surface area contributed by atoms with Gasteiger partial charge >= 0.3 is 5.97 Å². The highest BCUT2D eigenvalue weighted by molar-refractivity contribution is 5.70. The van der Waals surface area contributed by atoms with Crippen LogP contribution < -0.4 is 4.90 Å². The van der Waals surface area contributed by atoms with Gasteiger partial charge < -0.3 is 18.8 Å². The number of fused-ring (bicyclic) bond motifs is 1. The second kappa shape index (κ2) is 5.46. The number of imidazole rings is 1. The van der Waals surface area contributed by atoms with Crippen molar-refractivity contribution >= 4 is 17.3 Å². The Bertz CT molecular complexity index is 830. The molecule has 0 atom stereocenters. The molecule has 3 aromatic heterocycles. The van der Waals surface area contributed by atoms with Gasteiger partial charge in [-0.1, -0.05) is 0 Å². The van der Waals surface area contributed by atoms with Crippen LogP contribution in [0.4, 0.5) is 5.69 Å². The van der Waals surface area contributed by atoms with E-state index in [4.69, 9.17) is 9.52 Å². The summed E-state index contributed by atoms with van der Waals surface area (Å²) in [6.45, 7) is 1.53. The zero-order chi connectivity index (χ0) is 15.8. The Hall–Kier alpha value is -2.76. The number of hydrogen-bond donors (Lipinski definition) is 1. The minimum absolute atomic E-state index is 0.214. The predicted octanol–water partition coefficient (Wildman–Crippen LogP) is 2.90. The summed E-state index contributed by atoms with van der Waals surface area (Å²) in [6, 6.07) is 7.75. The van der Waals surface area contributed by atoms with E-state index in [1.165, 1.54) is 0 Å². The van der Waals surface area contributed by atoms with Crippen LogP contribution in [0, 0.1) is 5.92 Å². The van der Waals surface area contributed by atoms with Gasteiger partial charge in [-0.05, 0) is 37.1 Å². The lowest BCUT2D eigenvalue weighted by molar-refractivity contribution is -0.142. The van der Waals surface area contributed by atoms with Crippen LogP contribution >= 0.6 is 0 Å². The van der Waals surface area contributed by atoms with Crippen LogP contribution in [0.15, 0.2) is 47.3 Å². The van der Waals surface area contributed by atoms with Crippen LogP contribution in [0.25, 0.3) is 17.1 Å². The van der Waals surface area contributed by atoms with Crippen LogP contribution in [0.3, 0.4) is 0 Å². The maximum absolute atomic E-state index is 11.0. The average molecular weight is 311 g/mol. The van der Waals surface area contributed by atoms with Gasteiger partial charge in [0.1, 0.15) is 11.3 Å². The van der Waals surface area contributed by atoms with Gasteiger partial charge in [-0.2, -0.15) is 0 Å². The molecule has 3 aromatic rings. The van der Waals surface area contributed by atoms with Crippen molar-refractivity contribution < 1.29 is 14.3 Å². The minimum atomic E-state index is -0.683. The summed E-state index contributed by atoms with van der Waals surface area (Å²) in [7, 11) is 0. The number of carbonyl (C=O) groups is 1. The van der Waals surface area contributed by atoms with Gasteiger partial charge in [0.15, 0.2) is 5.76 Å². The van der Waals surface area contributed by atoms with Gasteiger partial charge in [0.2, 0.25) is 0 Å². The second-order valence-electron chi connectivity index (χ2n) is 5.86. The molecule has 0 aliphatic carbocycles. The summed E-state index contributed by atoms with van der Waals surface area (Å²) in [4.78, 5) is 17.8. The van der Waals surface area contributed by atoms with Crippen LogP contribution in [0.1, 0.15) is 12.8 Å². The van der Waals surface area contributed by atoms with Crippen molar-refractivity contribution in [1.82, 2.24) is 9.38 Å². The van der Waals surface area contributed by atoms with Crippen molar-refractivity contribution in [1.29, 1.82) is 0 Å². The van der Waals surface area contributed by atoms with Crippen molar-refractivity contribution in [3.63, 3.8) is 0 Å². The number of rotatable bonds is 3. The molecule has 0 aromatic carbocycles. The largest absolute Gasteiger partial charge is 0.481 e. The van der Waals surface area contributed by atoms with Crippen molar-refractivity contribution in [2.45, 2.75) is 12.8 Å². The molecule has 6 nitrogen and oxygen atoms in total. The molecule has 4 rings (SSSR count). The normalized spacial score (nSPS) is 16.1. The summed E-state index contributed by atoms with van der Waals surface area (Å²) < 4.78 is 7.37. The topological polar surface area (TPSA) is 71.0 Å². The average Bonchev–Trinajstić information content (AvgIpc) is 3.23. The third kappa shape index (κ3) is 2.56. The maximum Gasteiger partial charge on any atom is 0.306 e. The van der Waals surface area contributed by atoms with E-state index in [1.807, 2.05) is 41.1 Å². The molecule has 0 unspecified atom stereocenters. The fraction of sp³-hybridized carbons (Fsp3) is 0.294. The Morgan fingerprint density at radius 3 is 2.74 bits per heavy atom. The van der Waals surface area contributed by atoms with Crippen LogP contribution in [-0.4, -0.2) is 33.6 Å². The van der Waals surface area contributed by atoms with Gasteiger partial charge in [-0.3, -0.25) is 4.79 Å². The van der Waals surface area contributed by atoms with E-state index in [-0.39, 0.29) is 5.92 Å². The van der Waals surface area contributed by atoms with Crippen molar-refractivity contribution in [2.75, 3.05) is 18.0 Å². The van der Waals surface area contributed by atoms with Crippen molar-refractivity contribution in [3.8, 4) is 11.5 Å². The molecule has 0 amide bonds. The van der Waals surface area contributed by atoms with Crippen LogP contribution in [-0.2, 0) is 4.79 Å². The lowest BCUT2D eigenvalue weighted by Crippen LogP contribution is -2.36. The van der Waals surface area contributed by atoms with E-state index in [0.29, 0.717) is 12.8 Å². The molecule has 0 radical (unpaired) electrons. The first-order valence-corrected chi connectivity index (χ1v) is 7.71. The number of carboxylic acid groups (broad SMARTS) is 1. The molecular weight excluding hydrogens is 294 g/mol. The Kier molecular flexibility index (Phi) is 3.29. The molecule has 1 fully saturated rings. The lowest BCUT2D eigenvalue weighted by atomic mass is 9.97. The van der Waals surface area contributed by atoms with Crippen LogP contribution in [0.5, 0.6) is 0 Å². The van der Waals surface area contributed by atoms with E-state index < -0.39 is 5.97 Å². The number of nitrogens with zero attached hydrogens (tertiary/aromatic N) is 3. The molecule has 0 spiro atoms. The third-order valence-corrected chi connectivity index (χ3v) is 4.42. The standard InChI is InChI=1S/C17H17N3O3/c21-17(22)12-5-7-19(8-6-12)13-3-4-16-18-14(11-20(16)10-13)15-2-1-9-23-15/h1-4,9-12H,5-8H2,(H,21,22). The zero-order valence-corrected chi connectivity index (χ0v) is 12.6. The molecule has 1 N–H and O–H groups in total. The SMILES string of the molecule is O=C(O)C1CCN(c2ccc3nc(-c4ccco4)cn3c2)CC1. The highest BCUT2D eigenvalue weighted by atomic mass is 16.4. The second-order valence-corrected chi connectivity index (χ2v) is 5.86. The number of carboxylic acids is 1. The molecule has 1 aliphatic heterocycles. The number of hydrogen-bond acceptors (Lipinski definition) is 4. The highest BCUT2D eigenvalue weighted by Gasteiger charge is 2.24. The van der Waals surface area contributed by atoms with E-state index in [0.717, 1.165) is 35.9 Å². The number of aromatic nitrogens is 2. The Morgan fingerprint density at radius 1 is 1.22 bits per heavy atom. The summed E-state index contributed by atoms with van der Waals surface area (Å²) in [5.74, 6) is -0.149. The van der Waals surface area contributed by atoms with Crippen molar-refractivity contribution in [3.05, 3.63) is 42.9 Å². The Balaban J connectivity index is 1.58. The predicted molar refractivity (Wildman–Crippen MR) is 85.5 cm³/mol. The first-order chi connectivity index (χ1) is 11.2. The van der Waals surface area contributed by atoms with E-state index in [9.17, 15) is 4.79 Å². The first-order valence-electron chi connectivity index (χ1n) is 7.71. The molecule has 6 heteroatoms. The highest BCUT2D eigenvalue weighted by Crippen LogP contribution is 2.25. The van der Waals surface area contributed by atoms with Gasteiger partial charge in [0, 0.05) is 25.5 Å². The summed E-state index contributed by atoms with van der Waals surface area (Å²) >= 11 is 0. The van der Waals surface area contributed by atoms with Gasteiger partial charge in [-0.15, -0.1) is 0 Å². The molecule has 118 valence electrons. The Labute approximate surface area is 133 Å². The molecule has 0 saturated carbocycles. The van der Waals surface area contributed by atoms with Gasteiger partial charge in [-0.25, -0.2) is 4.98 Å². The quantitative estimate of drug-likeness (QED) is 0.805. The number of aliphatic carboxylic acids is 1. The summed E-state index contributed by atoms with van der Waals surface area (Å²) in [5, 5.41) is 9.09. The number of piperidine rings is 1. The molecular formula is C17H17N3O3. The smallest absolute Gasteiger partial charge is 0.306 e. The lowest BCUT2D eigenvalue weighted by Gasteiger charge is -2.31. The van der Waals surface area contributed by atoms with E-state index in [1.54, 1.807) is 6.26 Å². The minimum Gasteiger partial charge on any atom is -0.481 e. The van der Waals surface area contributed by atoms with Crippen molar-refractivity contribution in [2.24, 2.45) is 5.92 Å². The summed E-state index contributed by atoms with van der Waals surface area (Å²) in [6.07, 6.45) is 7.00. The van der Waals surface area contributed by atoms with Crippen LogP contribution in [0.2, 0.25) is 0 Å². The fourth-order valence-electron chi connectivity index (χ4n) is 3.09. The summed E-state index contributed by atoms with van der Waals surface area (Å²) in [5.41, 5.74) is 2.75. The van der Waals surface area contributed by atoms with Gasteiger partial charge in [0.25, 0.3) is 0 Å². The first kappa shape index (κ1) is 13.9. The number of anilines is 1. The molecule has 1 aliphatic rings. The molecule has 23 heavy (non-hydrogen) atoms. The van der Waals surface area contributed by atoms with Gasteiger partial charge in [0.05, 0.1) is 17.9 Å². The molecule has 1 saturated heterocycles.